The molecule has 0 atom stereocenters. The van der Waals surface area contributed by atoms with Gasteiger partial charge in [-0.2, -0.15) is 13.2 Å². The maximum atomic E-state index is 12.6. The van der Waals surface area contributed by atoms with Gasteiger partial charge in [0.05, 0.1) is 11.3 Å². The number of ketones is 1. The van der Waals surface area contributed by atoms with Crippen LogP contribution in [0.4, 0.5) is 13.2 Å². The summed E-state index contributed by atoms with van der Waals surface area (Å²) < 4.78 is 43.9. The molecule has 0 saturated carbocycles. The van der Waals surface area contributed by atoms with Crippen LogP contribution in [0.5, 0.6) is 0 Å². The minimum atomic E-state index is -4.16. The van der Waals surface area contributed by atoms with Gasteiger partial charge in [0.2, 0.25) is 0 Å². The Balaban J connectivity index is 0.000000347. The van der Waals surface area contributed by atoms with Gasteiger partial charge in [0.25, 0.3) is 0 Å². The van der Waals surface area contributed by atoms with Gasteiger partial charge >= 0.3 is 6.18 Å². The second kappa shape index (κ2) is 13.7. The number of furan rings is 1. The molecule has 42 heavy (non-hydrogen) atoms. The van der Waals surface area contributed by atoms with E-state index >= 15 is 0 Å². The first-order valence-electron chi connectivity index (χ1n) is 13.6. The van der Waals surface area contributed by atoms with Gasteiger partial charge in [-0.1, -0.05) is 82.0 Å². The van der Waals surface area contributed by atoms with E-state index in [2.05, 4.69) is 11.1 Å². The number of rotatable bonds is 6. The monoisotopic (exact) mass is 753 g/mol. The quantitative estimate of drug-likeness (QED) is 0.107. The van der Waals surface area contributed by atoms with Crippen LogP contribution in [0.25, 0.3) is 44.0 Å². The molecule has 8 heteroatoms. The van der Waals surface area contributed by atoms with Crippen molar-refractivity contribution in [1.29, 1.82) is 0 Å². The van der Waals surface area contributed by atoms with E-state index in [1.165, 1.54) is 6.08 Å². The molecule has 5 aromatic rings. The first-order chi connectivity index (χ1) is 19.3. The number of aryl methyl sites for hydroxylation is 2. The molecular formula is C34H33F3IrNO3-. The Morgan fingerprint density at radius 3 is 2.38 bits per heavy atom. The van der Waals surface area contributed by atoms with E-state index in [9.17, 15) is 23.1 Å². The number of hydrogen-bond donors (Lipinski definition) is 1. The molecule has 2 aromatic heterocycles. The van der Waals surface area contributed by atoms with Crippen LogP contribution in [-0.4, -0.2) is 22.1 Å². The summed E-state index contributed by atoms with van der Waals surface area (Å²) in [4.78, 5) is 15.6. The van der Waals surface area contributed by atoms with Crippen molar-refractivity contribution < 1.29 is 47.6 Å². The Bertz CT molecular complexity index is 1740. The first kappa shape index (κ1) is 33.0. The topological polar surface area (TPSA) is 63.3 Å². The molecule has 0 spiro atoms. The number of pyridine rings is 1. The van der Waals surface area contributed by atoms with Gasteiger partial charge in [0.1, 0.15) is 5.58 Å². The summed E-state index contributed by atoms with van der Waals surface area (Å²) in [7, 11) is 0. The van der Waals surface area contributed by atoms with Crippen molar-refractivity contribution in [1.82, 2.24) is 4.98 Å². The number of hydrogen-bond acceptors (Lipinski definition) is 4. The van der Waals surface area contributed by atoms with Crippen LogP contribution in [0.15, 0.2) is 77.0 Å². The zero-order valence-corrected chi connectivity index (χ0v) is 26.5. The van der Waals surface area contributed by atoms with Crippen LogP contribution in [-0.2, 0) is 31.3 Å². The maximum Gasteiger partial charge on any atom is 0.389 e. The molecule has 1 N–H and O–H groups in total. The van der Waals surface area contributed by atoms with Gasteiger partial charge in [0.15, 0.2) is 5.78 Å². The van der Waals surface area contributed by atoms with Crippen molar-refractivity contribution in [2.24, 2.45) is 11.8 Å². The molecule has 0 aliphatic carbocycles. The van der Waals surface area contributed by atoms with Gasteiger partial charge in [0, 0.05) is 56.0 Å². The third-order valence-electron chi connectivity index (χ3n) is 6.76. The van der Waals surface area contributed by atoms with E-state index in [0.29, 0.717) is 16.8 Å². The number of benzene rings is 3. The molecule has 0 bridgehead atoms. The van der Waals surface area contributed by atoms with Gasteiger partial charge in [-0.05, 0) is 40.6 Å². The molecule has 1 radical (unpaired) electrons. The van der Waals surface area contributed by atoms with E-state index in [4.69, 9.17) is 4.42 Å². The predicted octanol–water partition coefficient (Wildman–Crippen LogP) is 9.71. The molecule has 0 saturated heterocycles. The molecule has 0 unspecified atom stereocenters. The average molecular weight is 753 g/mol. The predicted molar refractivity (Wildman–Crippen MR) is 158 cm³/mol. The minimum absolute atomic E-state index is 0. The van der Waals surface area contributed by atoms with Crippen LogP contribution in [0, 0.1) is 24.8 Å². The van der Waals surface area contributed by atoms with E-state index in [1.54, 1.807) is 18.3 Å². The van der Waals surface area contributed by atoms with E-state index < -0.39 is 12.6 Å². The number of nitrogens with zero attached hydrogens (tertiary/aromatic N) is 1. The van der Waals surface area contributed by atoms with Crippen LogP contribution in [0.2, 0.25) is 0 Å². The zero-order chi connectivity index (χ0) is 29.9. The number of halogens is 3. The number of alkyl halides is 3. The fourth-order valence-corrected chi connectivity index (χ4v) is 4.41. The normalized spacial score (nSPS) is 12.1. The Labute approximate surface area is 257 Å². The molecule has 3 aromatic carbocycles. The van der Waals surface area contributed by atoms with Crippen LogP contribution in [0.3, 0.4) is 0 Å². The summed E-state index contributed by atoms with van der Waals surface area (Å²) >= 11 is 0. The molecule has 5 rings (SSSR count). The number of carbonyl (C=O) groups excluding carboxylic acids is 1. The number of para-hydroxylation sites is 1. The van der Waals surface area contributed by atoms with Crippen molar-refractivity contribution >= 4 is 38.5 Å². The second-order valence-corrected chi connectivity index (χ2v) is 10.8. The Morgan fingerprint density at radius 1 is 1.00 bits per heavy atom. The van der Waals surface area contributed by atoms with Gasteiger partial charge in [-0.25, -0.2) is 0 Å². The van der Waals surface area contributed by atoms with Crippen molar-refractivity contribution in [2.45, 2.75) is 53.6 Å². The van der Waals surface area contributed by atoms with Crippen molar-refractivity contribution in [2.75, 3.05) is 0 Å². The first-order valence-corrected chi connectivity index (χ1v) is 13.6. The fourth-order valence-electron chi connectivity index (χ4n) is 4.41. The standard InChI is InChI=1S/C25H17F3NO.C9H16O2.Ir/c1-15-12-20-19-4-2-3-5-22(19)30-24(20)21(13-15)23-18-7-6-16(8-10-25(26,27)28)14-17(18)9-11-29-23;1-6(2)8(10)5-9(11)7(3)4;/h2-7,9,11-12,14H,8,10H2,1H3;5-7,10H,1-4H3;/q-1;;/b;8-5-;. The molecule has 4 nitrogen and oxygen atoms in total. The third kappa shape index (κ3) is 7.87. The number of carbonyl (C=O) groups is 1. The molecule has 0 aliphatic rings. The van der Waals surface area contributed by atoms with Crippen LogP contribution in [0.1, 0.15) is 45.2 Å². The maximum absolute atomic E-state index is 12.6. The summed E-state index contributed by atoms with van der Waals surface area (Å²) in [5, 5.41) is 12.9. The number of aliphatic hydroxyl groups is 1. The fraction of sp³-hybridized carbons (Fsp3) is 0.294. The Morgan fingerprint density at radius 2 is 1.71 bits per heavy atom. The van der Waals surface area contributed by atoms with Crippen molar-refractivity contribution in [3.05, 3.63) is 89.8 Å². The van der Waals surface area contributed by atoms with Crippen molar-refractivity contribution in [3.8, 4) is 11.3 Å². The molecule has 223 valence electrons. The number of aliphatic hydroxyl groups excluding tert-OH is 1. The summed E-state index contributed by atoms with van der Waals surface area (Å²) in [6, 6.07) is 20.5. The molecule has 2 heterocycles. The summed E-state index contributed by atoms with van der Waals surface area (Å²) in [6.07, 6.45) is -2.05. The number of allylic oxidation sites excluding steroid dienone is 2. The second-order valence-electron chi connectivity index (χ2n) is 10.8. The number of fused-ring (bicyclic) bond motifs is 4. The summed E-state index contributed by atoms with van der Waals surface area (Å²) in [5.74, 6) is 0.161. The number of aromatic nitrogens is 1. The Kier molecular flexibility index (Phi) is 10.7. The summed E-state index contributed by atoms with van der Waals surface area (Å²) in [6.45, 7) is 9.29. The van der Waals surface area contributed by atoms with E-state index in [0.717, 1.165) is 38.3 Å². The third-order valence-corrected chi connectivity index (χ3v) is 6.76. The average Bonchev–Trinajstić information content (AvgIpc) is 3.29. The minimum Gasteiger partial charge on any atom is -0.512 e. The molecular weight excluding hydrogens is 720 g/mol. The smallest absolute Gasteiger partial charge is 0.389 e. The molecule has 0 fully saturated rings. The Hall–Kier alpha value is -3.48. The van der Waals surface area contributed by atoms with E-state index in [-0.39, 0.29) is 49.9 Å². The summed E-state index contributed by atoms with van der Waals surface area (Å²) in [5.41, 5.74) is 4.59. The molecule has 0 aliphatic heterocycles. The molecule has 0 amide bonds. The largest absolute Gasteiger partial charge is 0.512 e. The van der Waals surface area contributed by atoms with Gasteiger partial charge in [-0.15, -0.1) is 17.7 Å². The van der Waals surface area contributed by atoms with E-state index in [1.807, 2.05) is 77.1 Å². The van der Waals surface area contributed by atoms with Gasteiger partial charge in [-0.3, -0.25) is 4.79 Å². The van der Waals surface area contributed by atoms with Crippen molar-refractivity contribution in [3.63, 3.8) is 0 Å². The SMILES string of the molecule is CC(C)C(=O)/C=C(\O)C(C)C.Cc1[c-]c(-c2nccc3cc(CCC(F)(F)F)ccc23)c2oc3ccccc3c2c1.[Ir]. The van der Waals surface area contributed by atoms with Crippen LogP contribution >= 0.6 is 0 Å². The van der Waals surface area contributed by atoms with Gasteiger partial charge < -0.3 is 14.5 Å². The van der Waals surface area contributed by atoms with Crippen LogP contribution < -0.4 is 0 Å². The zero-order valence-electron chi connectivity index (χ0n) is 24.1.